The Balaban J connectivity index is 2.25. The lowest BCUT2D eigenvalue weighted by atomic mass is 10.1. The fourth-order valence-corrected chi connectivity index (χ4v) is 5.53. The Bertz CT molecular complexity index is 255. The number of rotatable bonds is 1. The van der Waals surface area contributed by atoms with Crippen molar-refractivity contribution in [3.63, 3.8) is 0 Å². The quantitative estimate of drug-likeness (QED) is 0.619. The topological polar surface area (TPSA) is 34.1 Å². The van der Waals surface area contributed by atoms with Gasteiger partial charge in [-0.2, -0.15) is 0 Å². The summed E-state index contributed by atoms with van der Waals surface area (Å²) in [5.41, 5.74) is 0.166. The Morgan fingerprint density at radius 3 is 2.60 bits per heavy atom. The molecule has 1 saturated heterocycles. The average Bonchev–Trinajstić information content (AvgIpc) is 2.36. The molecule has 4 heteroatoms. The minimum atomic E-state index is -2.65. The largest absolute Gasteiger partial charge is 0.229 e. The van der Waals surface area contributed by atoms with Crippen LogP contribution in [0.15, 0.2) is 0 Å². The Kier molecular flexibility index (Phi) is 1.26. The third-order valence-electron chi connectivity index (χ3n) is 2.59. The average molecular weight is 225 g/mol. The highest BCUT2D eigenvalue weighted by atomic mass is 79.9. The van der Waals surface area contributed by atoms with Gasteiger partial charge in [-0.3, -0.25) is 0 Å². The summed E-state index contributed by atoms with van der Waals surface area (Å²) in [5, 5.41) is 0.865. The van der Waals surface area contributed by atoms with Crippen LogP contribution in [-0.4, -0.2) is 25.3 Å². The van der Waals surface area contributed by atoms with E-state index in [0.29, 0.717) is 17.4 Å². The molecule has 0 aromatic carbocycles. The van der Waals surface area contributed by atoms with E-state index >= 15 is 0 Å². The van der Waals surface area contributed by atoms with Gasteiger partial charge in [0, 0.05) is 5.33 Å². The predicted octanol–water partition coefficient (Wildman–Crippen LogP) is 0.816. The number of hydrogen-bond donors (Lipinski definition) is 0. The van der Waals surface area contributed by atoms with Gasteiger partial charge in [0.25, 0.3) is 0 Å². The molecule has 0 unspecified atom stereocenters. The Hall–Kier alpha value is 0.430. The molecule has 2 rings (SSSR count). The summed E-state index contributed by atoms with van der Waals surface area (Å²) in [7, 11) is -2.65. The van der Waals surface area contributed by atoms with Gasteiger partial charge in [0.2, 0.25) is 0 Å². The van der Waals surface area contributed by atoms with Crippen LogP contribution in [0.3, 0.4) is 0 Å². The van der Waals surface area contributed by atoms with Crippen LogP contribution in [-0.2, 0) is 9.84 Å². The molecule has 1 saturated carbocycles. The van der Waals surface area contributed by atoms with Crippen molar-refractivity contribution < 1.29 is 8.42 Å². The zero-order valence-electron chi connectivity index (χ0n) is 5.51. The Morgan fingerprint density at radius 2 is 2.30 bits per heavy atom. The minimum Gasteiger partial charge on any atom is -0.229 e. The summed E-state index contributed by atoms with van der Waals surface area (Å²) in [6.45, 7) is 0. The van der Waals surface area contributed by atoms with Crippen molar-refractivity contribution >= 4 is 25.8 Å². The molecule has 1 aliphatic heterocycles. The van der Waals surface area contributed by atoms with E-state index in [2.05, 4.69) is 15.9 Å². The molecule has 2 atom stereocenters. The van der Waals surface area contributed by atoms with Crippen molar-refractivity contribution in [1.82, 2.24) is 0 Å². The summed E-state index contributed by atoms with van der Waals surface area (Å²) >= 11 is 3.36. The first kappa shape index (κ1) is 7.10. The van der Waals surface area contributed by atoms with E-state index in [4.69, 9.17) is 0 Å². The first-order valence-corrected chi connectivity index (χ1v) is 6.29. The number of alkyl halides is 1. The van der Waals surface area contributed by atoms with Crippen molar-refractivity contribution in [3.8, 4) is 0 Å². The van der Waals surface area contributed by atoms with Crippen molar-refractivity contribution in [2.45, 2.75) is 6.42 Å². The summed E-state index contributed by atoms with van der Waals surface area (Å²) in [4.78, 5) is 0. The van der Waals surface area contributed by atoms with E-state index in [9.17, 15) is 8.42 Å². The van der Waals surface area contributed by atoms with Crippen LogP contribution in [0, 0.1) is 11.3 Å². The normalized spacial score (nSPS) is 48.7. The molecule has 10 heavy (non-hydrogen) atoms. The highest BCUT2D eigenvalue weighted by Gasteiger charge is 2.61. The summed E-state index contributed by atoms with van der Waals surface area (Å²) in [5.74, 6) is 1.35. The zero-order chi connectivity index (χ0) is 7.41. The number of halogens is 1. The SMILES string of the molecule is O=S1(=O)C[C@@H]2C[C@]2(CBr)C1. The van der Waals surface area contributed by atoms with Crippen molar-refractivity contribution in [1.29, 1.82) is 0 Å². The maximum absolute atomic E-state index is 11.0. The second kappa shape index (κ2) is 1.78. The molecule has 0 radical (unpaired) electrons. The molecule has 0 aromatic rings. The van der Waals surface area contributed by atoms with Crippen LogP contribution in [0.1, 0.15) is 6.42 Å². The van der Waals surface area contributed by atoms with Gasteiger partial charge in [-0.1, -0.05) is 15.9 Å². The summed E-state index contributed by atoms with van der Waals surface area (Å²) in [6.07, 6.45) is 1.12. The van der Waals surface area contributed by atoms with E-state index in [-0.39, 0.29) is 5.41 Å². The molecule has 0 amide bonds. The van der Waals surface area contributed by atoms with E-state index in [1.54, 1.807) is 0 Å². The second-order valence-electron chi connectivity index (χ2n) is 3.45. The van der Waals surface area contributed by atoms with Crippen molar-refractivity contribution in [2.75, 3.05) is 16.8 Å². The first-order chi connectivity index (χ1) is 4.58. The van der Waals surface area contributed by atoms with Crippen molar-refractivity contribution in [2.24, 2.45) is 11.3 Å². The van der Waals surface area contributed by atoms with E-state index < -0.39 is 9.84 Å². The van der Waals surface area contributed by atoms with Crippen LogP contribution in [0.4, 0.5) is 0 Å². The van der Waals surface area contributed by atoms with E-state index in [1.165, 1.54) is 0 Å². The molecular weight excluding hydrogens is 216 g/mol. The van der Waals surface area contributed by atoms with Crippen molar-refractivity contribution in [3.05, 3.63) is 0 Å². The molecule has 1 heterocycles. The smallest absolute Gasteiger partial charge is 0.151 e. The number of sulfone groups is 1. The first-order valence-electron chi connectivity index (χ1n) is 3.34. The molecule has 58 valence electrons. The standard InChI is InChI=1S/C6H9BrO2S/c7-3-6-1-5(6)2-10(8,9)4-6/h5H,1-4H2/t5-,6-/m0/s1. The summed E-state index contributed by atoms with van der Waals surface area (Å²) < 4.78 is 22.0. The third-order valence-corrected chi connectivity index (χ3v) is 5.63. The second-order valence-corrected chi connectivity index (χ2v) is 6.12. The lowest BCUT2D eigenvalue weighted by molar-refractivity contribution is 0.588. The zero-order valence-corrected chi connectivity index (χ0v) is 7.91. The lowest BCUT2D eigenvalue weighted by Crippen LogP contribution is -2.12. The molecular formula is C6H9BrO2S. The predicted molar refractivity (Wildman–Crippen MR) is 43.0 cm³/mol. The number of hydrogen-bond acceptors (Lipinski definition) is 2. The fraction of sp³-hybridized carbons (Fsp3) is 1.00. The van der Waals surface area contributed by atoms with Gasteiger partial charge in [-0.15, -0.1) is 0 Å². The van der Waals surface area contributed by atoms with Gasteiger partial charge in [-0.25, -0.2) is 8.42 Å². The molecule has 0 bridgehead atoms. The van der Waals surface area contributed by atoms with Gasteiger partial charge in [0.05, 0.1) is 11.5 Å². The highest BCUT2D eigenvalue weighted by molar-refractivity contribution is 9.09. The Morgan fingerprint density at radius 1 is 1.60 bits per heavy atom. The van der Waals surface area contributed by atoms with Gasteiger partial charge in [0.1, 0.15) is 0 Å². The minimum absolute atomic E-state index is 0.166. The van der Waals surface area contributed by atoms with Crippen LogP contribution >= 0.6 is 15.9 Å². The van der Waals surface area contributed by atoms with Crippen LogP contribution in [0.25, 0.3) is 0 Å². The van der Waals surface area contributed by atoms with Gasteiger partial charge in [-0.05, 0) is 17.8 Å². The molecule has 0 N–H and O–H groups in total. The molecule has 0 spiro atoms. The van der Waals surface area contributed by atoms with Crippen LogP contribution < -0.4 is 0 Å². The van der Waals surface area contributed by atoms with Crippen LogP contribution in [0.2, 0.25) is 0 Å². The molecule has 2 fully saturated rings. The van der Waals surface area contributed by atoms with Crippen LogP contribution in [0.5, 0.6) is 0 Å². The van der Waals surface area contributed by atoms with Gasteiger partial charge in [0.15, 0.2) is 9.84 Å². The van der Waals surface area contributed by atoms with E-state index in [1.807, 2.05) is 0 Å². The molecule has 2 nitrogen and oxygen atoms in total. The van der Waals surface area contributed by atoms with Gasteiger partial charge >= 0.3 is 0 Å². The fourth-order valence-electron chi connectivity index (χ4n) is 1.85. The Labute approximate surface area is 69.0 Å². The van der Waals surface area contributed by atoms with Gasteiger partial charge < -0.3 is 0 Å². The van der Waals surface area contributed by atoms with E-state index in [0.717, 1.165) is 11.8 Å². The monoisotopic (exact) mass is 224 g/mol. The molecule has 1 aliphatic carbocycles. The number of fused-ring (bicyclic) bond motifs is 1. The summed E-state index contributed by atoms with van der Waals surface area (Å²) in [6, 6.07) is 0. The maximum atomic E-state index is 11.0. The molecule has 2 aliphatic rings. The third kappa shape index (κ3) is 0.848. The highest BCUT2D eigenvalue weighted by Crippen LogP contribution is 2.59. The lowest BCUT2D eigenvalue weighted by Gasteiger charge is -2.02. The molecule has 0 aromatic heterocycles. The maximum Gasteiger partial charge on any atom is 0.151 e.